The number of benzene rings is 2. The van der Waals surface area contributed by atoms with Gasteiger partial charge in [-0.1, -0.05) is 49.7 Å². The average Bonchev–Trinajstić information content (AvgIpc) is 3.33. The van der Waals surface area contributed by atoms with Crippen molar-refractivity contribution in [3.05, 3.63) is 70.5 Å². The minimum atomic E-state index is -0.400. The van der Waals surface area contributed by atoms with Crippen LogP contribution in [0.3, 0.4) is 0 Å². The van der Waals surface area contributed by atoms with Crippen molar-refractivity contribution in [1.29, 1.82) is 5.26 Å². The molecule has 0 bridgehead atoms. The molecule has 2 aromatic carbocycles. The third-order valence-electron chi connectivity index (χ3n) is 6.95. The molecule has 1 aliphatic rings. The number of carbonyl (C=O) groups is 1. The van der Waals surface area contributed by atoms with Gasteiger partial charge in [-0.2, -0.15) is 10.4 Å². The second kappa shape index (κ2) is 11.5. The van der Waals surface area contributed by atoms with Gasteiger partial charge in [0.15, 0.2) is 5.75 Å². The van der Waals surface area contributed by atoms with Crippen LogP contribution in [0.1, 0.15) is 70.2 Å². The second-order valence-corrected chi connectivity index (χ2v) is 12.2. The summed E-state index contributed by atoms with van der Waals surface area (Å²) >= 11 is 12.2. The highest BCUT2D eigenvalue weighted by Crippen LogP contribution is 2.39. The van der Waals surface area contributed by atoms with Gasteiger partial charge < -0.3 is 14.8 Å². The Morgan fingerprint density at radius 3 is 2.44 bits per heavy atom. The molecule has 1 saturated carbocycles. The fourth-order valence-electron chi connectivity index (χ4n) is 4.59. The van der Waals surface area contributed by atoms with E-state index in [0.717, 1.165) is 35.1 Å². The zero-order valence-electron chi connectivity index (χ0n) is 22.9. The molecular formula is C30H34Cl2N4O3. The summed E-state index contributed by atoms with van der Waals surface area (Å²) in [4.78, 5) is 12.0. The fraction of sp³-hybridized carbons (Fsp3) is 0.433. The maximum atomic E-state index is 12.0. The van der Waals surface area contributed by atoms with Crippen LogP contribution < -0.4 is 10.1 Å². The van der Waals surface area contributed by atoms with Crippen LogP contribution in [0.5, 0.6) is 5.75 Å². The lowest BCUT2D eigenvalue weighted by atomic mass is 9.77. The molecule has 0 saturated heterocycles. The highest BCUT2D eigenvalue weighted by Gasteiger charge is 2.35. The number of halogens is 2. The van der Waals surface area contributed by atoms with Crippen LogP contribution in [0.4, 0.5) is 4.79 Å². The summed E-state index contributed by atoms with van der Waals surface area (Å²) in [5.74, 6) is 0.676. The molecule has 0 spiro atoms. The van der Waals surface area contributed by atoms with Crippen molar-refractivity contribution in [2.45, 2.75) is 70.6 Å². The molecule has 7 nitrogen and oxygen atoms in total. The Kier molecular flexibility index (Phi) is 8.48. The molecule has 9 heteroatoms. The predicted molar refractivity (Wildman–Crippen MR) is 154 cm³/mol. The van der Waals surface area contributed by atoms with E-state index in [1.807, 2.05) is 50.0 Å². The monoisotopic (exact) mass is 568 g/mol. The van der Waals surface area contributed by atoms with Gasteiger partial charge in [-0.15, -0.1) is 11.6 Å². The topological polar surface area (TPSA) is 89.2 Å². The van der Waals surface area contributed by atoms with Crippen LogP contribution in [-0.2, 0) is 10.2 Å². The van der Waals surface area contributed by atoms with Crippen LogP contribution in [0.25, 0.3) is 11.1 Å². The molecule has 0 atom stereocenters. The normalized spacial score (nSPS) is 17.2. The molecule has 0 unspecified atom stereocenters. The number of amides is 1. The van der Waals surface area contributed by atoms with Gasteiger partial charge in [0.05, 0.1) is 28.7 Å². The Bertz CT molecular complexity index is 1360. The summed E-state index contributed by atoms with van der Waals surface area (Å²) < 4.78 is 13.1. The molecule has 1 aliphatic carbocycles. The Balaban J connectivity index is 1.43. The molecular weight excluding hydrogens is 535 g/mol. The molecule has 0 radical (unpaired) electrons. The molecule has 3 aromatic rings. The highest BCUT2D eigenvalue weighted by atomic mass is 35.5. The summed E-state index contributed by atoms with van der Waals surface area (Å²) in [7, 11) is 0. The van der Waals surface area contributed by atoms with Crippen molar-refractivity contribution in [3.63, 3.8) is 0 Å². The Morgan fingerprint density at radius 2 is 1.82 bits per heavy atom. The van der Waals surface area contributed by atoms with E-state index in [2.05, 4.69) is 54.6 Å². The van der Waals surface area contributed by atoms with Gasteiger partial charge in [0.25, 0.3) is 0 Å². The van der Waals surface area contributed by atoms with Gasteiger partial charge in [0.2, 0.25) is 0 Å². The largest absolute Gasteiger partial charge is 0.489 e. The molecule has 1 heterocycles. The number of ether oxygens (including phenoxy) is 2. The maximum Gasteiger partial charge on any atom is 0.407 e. The van der Waals surface area contributed by atoms with Gasteiger partial charge >= 0.3 is 6.09 Å². The molecule has 206 valence electrons. The van der Waals surface area contributed by atoms with Crippen molar-refractivity contribution in [2.24, 2.45) is 0 Å². The second-order valence-electron chi connectivity index (χ2n) is 11.4. The van der Waals surface area contributed by atoms with E-state index < -0.39 is 5.41 Å². The third-order valence-corrected chi connectivity index (χ3v) is 7.38. The number of alkyl carbamates (subject to hydrolysis) is 1. The van der Waals surface area contributed by atoms with Gasteiger partial charge in [-0.05, 0) is 49.6 Å². The van der Waals surface area contributed by atoms with Gasteiger partial charge in [0, 0.05) is 35.6 Å². The van der Waals surface area contributed by atoms with Crippen LogP contribution >= 0.6 is 23.2 Å². The van der Waals surface area contributed by atoms with E-state index in [4.69, 9.17) is 32.7 Å². The quantitative estimate of drug-likeness (QED) is 0.289. The standard InChI is InChI=1S/C30H34Cl2N4O3/c1-29(2,3)35-28(37)39-25-14-24(15-25)36-18-21(17-34-36)19-6-8-22(9-7-19)30(4,5)23-12-20(16-33)27(26(32)13-23)38-11-10-31/h6-9,12-13,17-18,24-25H,10-11,14-15H2,1-5H3,(H,35,37). The number of hydrogen-bond acceptors (Lipinski definition) is 5. The smallest absolute Gasteiger partial charge is 0.407 e. The summed E-state index contributed by atoms with van der Waals surface area (Å²) in [5.41, 5.74) is 3.74. The Labute approximate surface area is 240 Å². The first-order valence-electron chi connectivity index (χ1n) is 13.0. The maximum absolute atomic E-state index is 12.0. The lowest BCUT2D eigenvalue weighted by Crippen LogP contribution is -2.44. The van der Waals surface area contributed by atoms with E-state index in [-0.39, 0.29) is 30.4 Å². The number of alkyl halides is 1. The minimum Gasteiger partial charge on any atom is -0.489 e. The molecule has 39 heavy (non-hydrogen) atoms. The van der Waals surface area contributed by atoms with Gasteiger partial charge in [0.1, 0.15) is 18.8 Å². The number of nitrogens with one attached hydrogen (secondary N) is 1. The van der Waals surface area contributed by atoms with E-state index in [1.54, 1.807) is 0 Å². The number of hydrogen-bond donors (Lipinski definition) is 1. The highest BCUT2D eigenvalue weighted by molar-refractivity contribution is 6.32. The lowest BCUT2D eigenvalue weighted by Gasteiger charge is -2.35. The molecule has 1 N–H and O–H groups in total. The SMILES string of the molecule is CC(C)(C)NC(=O)OC1CC(n2cc(-c3ccc(C(C)(C)c4cc(Cl)c(OCCCl)c(C#N)c4)cc3)cn2)C1. The summed E-state index contributed by atoms with van der Waals surface area (Å²) in [6.07, 6.45) is 4.91. The molecule has 0 aliphatic heterocycles. The first kappa shape index (κ1) is 28.8. The van der Waals surface area contributed by atoms with Crippen LogP contribution in [-0.4, -0.2) is 40.0 Å². The Hall–Kier alpha value is -3.21. The van der Waals surface area contributed by atoms with Crippen molar-refractivity contribution in [1.82, 2.24) is 15.1 Å². The molecule has 4 rings (SSSR count). The summed E-state index contributed by atoms with van der Waals surface area (Å²) in [6.45, 7) is 10.3. The fourth-order valence-corrected chi connectivity index (χ4v) is 4.95. The zero-order chi connectivity index (χ0) is 28.4. The first-order valence-corrected chi connectivity index (χ1v) is 13.9. The minimum absolute atomic E-state index is 0.0949. The van der Waals surface area contributed by atoms with E-state index in [1.165, 1.54) is 0 Å². The molecule has 1 fully saturated rings. The van der Waals surface area contributed by atoms with Crippen molar-refractivity contribution >= 4 is 29.3 Å². The van der Waals surface area contributed by atoms with Gasteiger partial charge in [-0.25, -0.2) is 4.79 Å². The predicted octanol–water partition coefficient (Wildman–Crippen LogP) is 7.25. The van der Waals surface area contributed by atoms with E-state index >= 15 is 0 Å². The molecule has 1 amide bonds. The number of rotatable bonds is 8. The van der Waals surface area contributed by atoms with Crippen molar-refractivity contribution < 1.29 is 14.3 Å². The zero-order valence-corrected chi connectivity index (χ0v) is 24.4. The van der Waals surface area contributed by atoms with Crippen LogP contribution in [0, 0.1) is 11.3 Å². The third kappa shape index (κ3) is 6.69. The first-order chi connectivity index (χ1) is 18.4. The summed E-state index contributed by atoms with van der Waals surface area (Å²) in [5, 5.41) is 17.4. The number of carbonyl (C=O) groups excluding carboxylic acids is 1. The summed E-state index contributed by atoms with van der Waals surface area (Å²) in [6, 6.07) is 14.4. The van der Waals surface area contributed by atoms with E-state index in [0.29, 0.717) is 22.2 Å². The van der Waals surface area contributed by atoms with Crippen molar-refractivity contribution in [3.8, 4) is 22.9 Å². The van der Waals surface area contributed by atoms with Gasteiger partial charge in [-0.3, -0.25) is 4.68 Å². The van der Waals surface area contributed by atoms with E-state index in [9.17, 15) is 10.1 Å². The Morgan fingerprint density at radius 1 is 1.13 bits per heavy atom. The average molecular weight is 570 g/mol. The van der Waals surface area contributed by atoms with Crippen LogP contribution in [0.15, 0.2) is 48.8 Å². The number of aromatic nitrogens is 2. The van der Waals surface area contributed by atoms with Crippen LogP contribution in [0.2, 0.25) is 5.02 Å². The lowest BCUT2D eigenvalue weighted by molar-refractivity contribution is 0.0153. The number of nitrogens with zero attached hydrogens (tertiary/aromatic N) is 3. The molecule has 1 aromatic heterocycles. The van der Waals surface area contributed by atoms with Crippen molar-refractivity contribution in [2.75, 3.05) is 12.5 Å². The number of nitriles is 1.